The highest BCUT2D eigenvalue weighted by molar-refractivity contribution is 5.90. The average Bonchev–Trinajstić information content (AvgIpc) is 2.91. The van der Waals surface area contributed by atoms with Crippen molar-refractivity contribution in [1.82, 2.24) is 9.78 Å². The van der Waals surface area contributed by atoms with Crippen molar-refractivity contribution in [2.24, 2.45) is 0 Å². The summed E-state index contributed by atoms with van der Waals surface area (Å²) in [6.07, 6.45) is 0. The number of benzene rings is 1. The number of hydrogen-bond donors (Lipinski definition) is 1. The van der Waals surface area contributed by atoms with Gasteiger partial charge in [0.05, 0.1) is 23.5 Å². The zero-order valence-corrected chi connectivity index (χ0v) is 13.9. The van der Waals surface area contributed by atoms with Crippen LogP contribution < -0.4 is 14.8 Å². The topological polar surface area (TPSA) is 109 Å². The predicted molar refractivity (Wildman–Crippen MR) is 86.5 cm³/mol. The van der Waals surface area contributed by atoms with Gasteiger partial charge in [0.25, 0.3) is 0 Å². The van der Waals surface area contributed by atoms with Crippen molar-refractivity contribution in [3.63, 3.8) is 0 Å². The maximum atomic E-state index is 12.4. The first-order valence-electron chi connectivity index (χ1n) is 7.50. The molecule has 9 nitrogen and oxygen atoms in total. The number of carbonyl (C=O) groups is 1. The second kappa shape index (κ2) is 8.23. The van der Waals surface area contributed by atoms with Crippen LogP contribution in [0.3, 0.4) is 0 Å². The number of nitrogens with one attached hydrogen (secondary N) is 1. The molecule has 26 heavy (non-hydrogen) atoms. The van der Waals surface area contributed by atoms with E-state index in [1.165, 1.54) is 28.9 Å². The second-order valence-electron chi connectivity index (χ2n) is 5.08. The number of carbonyl (C=O) groups excluding carboxylic acids is 1. The van der Waals surface area contributed by atoms with Crippen LogP contribution in [0.1, 0.15) is 12.6 Å². The lowest BCUT2D eigenvalue weighted by Gasteiger charge is -2.13. The van der Waals surface area contributed by atoms with E-state index in [0.717, 1.165) is 0 Å². The third kappa shape index (κ3) is 4.88. The highest BCUT2D eigenvalue weighted by atomic mass is 19.3. The Morgan fingerprint density at radius 1 is 1.38 bits per heavy atom. The van der Waals surface area contributed by atoms with Crippen molar-refractivity contribution < 1.29 is 28.0 Å². The fourth-order valence-electron chi connectivity index (χ4n) is 2.13. The zero-order chi connectivity index (χ0) is 19.3. The molecule has 0 aliphatic rings. The molecule has 2 rings (SSSR count). The Morgan fingerprint density at radius 3 is 2.69 bits per heavy atom. The summed E-state index contributed by atoms with van der Waals surface area (Å²) in [6, 6.07) is 5.21. The maximum Gasteiger partial charge on any atom is 0.390 e. The number of halogens is 2. The SMILES string of the molecule is CCOc1cc(NC(=O)Cn2nc([N+](=O)[O-])cc2C)ccc1OC(F)F. The van der Waals surface area contributed by atoms with Gasteiger partial charge in [0.1, 0.15) is 6.54 Å². The first-order chi connectivity index (χ1) is 12.3. The van der Waals surface area contributed by atoms with Crippen molar-refractivity contribution in [3.8, 4) is 11.5 Å². The summed E-state index contributed by atoms with van der Waals surface area (Å²) in [5, 5.41) is 17.0. The number of alkyl halides is 2. The molecule has 1 amide bonds. The van der Waals surface area contributed by atoms with Crippen LogP contribution >= 0.6 is 0 Å². The van der Waals surface area contributed by atoms with Crippen LogP contribution in [-0.2, 0) is 11.3 Å². The summed E-state index contributed by atoms with van der Waals surface area (Å²) in [5.74, 6) is -0.964. The van der Waals surface area contributed by atoms with Crippen molar-refractivity contribution in [2.75, 3.05) is 11.9 Å². The molecule has 2 aromatic rings. The summed E-state index contributed by atoms with van der Waals surface area (Å²) < 4.78 is 35.5. The van der Waals surface area contributed by atoms with Gasteiger partial charge in [-0.1, -0.05) is 0 Å². The predicted octanol–water partition coefficient (Wildman–Crippen LogP) is 2.74. The van der Waals surface area contributed by atoms with E-state index in [4.69, 9.17) is 4.74 Å². The number of rotatable bonds is 8. The maximum absolute atomic E-state index is 12.4. The Bertz CT molecular complexity index is 809. The molecule has 0 bridgehead atoms. The average molecular weight is 370 g/mol. The van der Waals surface area contributed by atoms with Crippen molar-refractivity contribution >= 4 is 17.4 Å². The number of hydrogen-bond acceptors (Lipinski definition) is 6. The van der Waals surface area contributed by atoms with Crippen molar-refractivity contribution in [1.29, 1.82) is 0 Å². The molecule has 1 N–H and O–H groups in total. The summed E-state index contributed by atoms with van der Waals surface area (Å²) in [4.78, 5) is 22.2. The van der Waals surface area contributed by atoms with E-state index in [0.29, 0.717) is 11.4 Å². The van der Waals surface area contributed by atoms with Crippen LogP contribution in [-0.4, -0.2) is 33.8 Å². The molecule has 0 radical (unpaired) electrons. The Balaban J connectivity index is 2.11. The van der Waals surface area contributed by atoms with Gasteiger partial charge in [-0.25, -0.2) is 0 Å². The smallest absolute Gasteiger partial charge is 0.390 e. The highest BCUT2D eigenvalue weighted by Crippen LogP contribution is 2.31. The molecule has 140 valence electrons. The van der Waals surface area contributed by atoms with Gasteiger partial charge in [-0.05, 0) is 30.9 Å². The molecule has 1 heterocycles. The molecule has 0 unspecified atom stereocenters. The second-order valence-corrected chi connectivity index (χ2v) is 5.08. The highest BCUT2D eigenvalue weighted by Gasteiger charge is 2.18. The van der Waals surface area contributed by atoms with Crippen LogP contribution in [0.5, 0.6) is 11.5 Å². The molecule has 0 fully saturated rings. The molecule has 0 aliphatic heterocycles. The molecular weight excluding hydrogens is 354 g/mol. The monoisotopic (exact) mass is 370 g/mol. The van der Waals surface area contributed by atoms with E-state index in [9.17, 15) is 23.7 Å². The van der Waals surface area contributed by atoms with E-state index in [1.54, 1.807) is 13.8 Å². The van der Waals surface area contributed by atoms with Crippen molar-refractivity contribution in [2.45, 2.75) is 27.0 Å². The third-order valence-electron chi connectivity index (χ3n) is 3.19. The zero-order valence-electron chi connectivity index (χ0n) is 13.9. The summed E-state index contributed by atoms with van der Waals surface area (Å²) >= 11 is 0. The van der Waals surface area contributed by atoms with E-state index >= 15 is 0 Å². The molecule has 0 atom stereocenters. The normalized spacial score (nSPS) is 10.7. The lowest BCUT2D eigenvalue weighted by Crippen LogP contribution is -2.20. The minimum atomic E-state index is -3.01. The number of aryl methyl sites for hydroxylation is 1. The van der Waals surface area contributed by atoms with E-state index in [2.05, 4.69) is 15.2 Å². The number of nitrogens with zero attached hydrogens (tertiary/aromatic N) is 3. The van der Waals surface area contributed by atoms with Gasteiger partial charge in [0, 0.05) is 11.8 Å². The largest absolute Gasteiger partial charge is 0.490 e. The van der Waals surface area contributed by atoms with Crippen LogP contribution in [0.2, 0.25) is 0 Å². The van der Waals surface area contributed by atoms with Gasteiger partial charge in [-0.15, -0.1) is 0 Å². The first-order valence-corrected chi connectivity index (χ1v) is 7.50. The number of aromatic nitrogens is 2. The number of nitro groups is 1. The fraction of sp³-hybridized carbons (Fsp3) is 0.333. The lowest BCUT2D eigenvalue weighted by atomic mass is 10.2. The van der Waals surface area contributed by atoms with Gasteiger partial charge >= 0.3 is 12.4 Å². The minimum Gasteiger partial charge on any atom is -0.490 e. The third-order valence-corrected chi connectivity index (χ3v) is 3.19. The standard InChI is InChI=1S/C15H16F2N4O5/c1-3-25-12-7-10(4-5-11(12)26-15(16)17)18-14(22)8-20-9(2)6-13(19-20)21(23)24/h4-7,15H,3,8H2,1-2H3,(H,18,22). The van der Waals surface area contributed by atoms with Crippen LogP contribution in [0.15, 0.2) is 24.3 Å². The molecule has 0 aliphatic carbocycles. The number of amides is 1. The summed E-state index contributed by atoms with van der Waals surface area (Å²) in [7, 11) is 0. The Hall–Kier alpha value is -3.24. The molecule has 11 heteroatoms. The van der Waals surface area contributed by atoms with Crippen molar-refractivity contribution in [3.05, 3.63) is 40.1 Å². The van der Waals surface area contributed by atoms with Crippen LogP contribution in [0, 0.1) is 17.0 Å². The minimum absolute atomic E-state index is 0.0523. The summed E-state index contributed by atoms with van der Waals surface area (Å²) in [6.45, 7) is 0.210. The Kier molecular flexibility index (Phi) is 6.04. The molecule has 1 aromatic carbocycles. The fourth-order valence-corrected chi connectivity index (χ4v) is 2.13. The molecular formula is C15H16F2N4O5. The molecule has 0 saturated carbocycles. The van der Waals surface area contributed by atoms with E-state index < -0.39 is 17.4 Å². The van der Waals surface area contributed by atoms with Gasteiger partial charge < -0.3 is 24.9 Å². The molecule has 0 saturated heterocycles. The number of anilines is 1. The Morgan fingerprint density at radius 2 is 2.12 bits per heavy atom. The lowest BCUT2D eigenvalue weighted by molar-refractivity contribution is -0.389. The number of ether oxygens (including phenoxy) is 2. The van der Waals surface area contributed by atoms with Crippen LogP contribution in [0.4, 0.5) is 20.3 Å². The molecule has 1 aromatic heterocycles. The first kappa shape index (κ1) is 19.1. The molecule has 0 spiro atoms. The van der Waals surface area contributed by atoms with Gasteiger partial charge in [-0.2, -0.15) is 13.5 Å². The van der Waals surface area contributed by atoms with E-state index in [1.807, 2.05) is 0 Å². The van der Waals surface area contributed by atoms with Gasteiger partial charge in [0.15, 0.2) is 11.5 Å². The quantitative estimate of drug-likeness (QED) is 0.565. The van der Waals surface area contributed by atoms with Crippen LogP contribution in [0.25, 0.3) is 0 Å². The Labute approximate surface area is 146 Å². The van der Waals surface area contributed by atoms with Gasteiger partial charge in [0.2, 0.25) is 5.91 Å². The van der Waals surface area contributed by atoms with E-state index in [-0.39, 0.29) is 30.5 Å². The van der Waals surface area contributed by atoms with Gasteiger partial charge in [-0.3, -0.25) is 4.79 Å². The summed E-state index contributed by atoms with van der Waals surface area (Å²) in [5.41, 5.74) is 0.738.